The molecule has 0 bridgehead atoms. The molecule has 2 aromatic heterocycles. The fourth-order valence-electron chi connectivity index (χ4n) is 4.20. The van der Waals surface area contributed by atoms with Crippen molar-refractivity contribution in [1.82, 2.24) is 15.3 Å². The van der Waals surface area contributed by atoms with Gasteiger partial charge in [-0.15, -0.1) is 0 Å². The maximum atomic E-state index is 10.8. The number of pyridine rings is 2. The van der Waals surface area contributed by atoms with E-state index in [0.717, 1.165) is 43.0 Å². The first-order chi connectivity index (χ1) is 15.2. The molecule has 160 valence electrons. The number of rotatable bonds is 9. The summed E-state index contributed by atoms with van der Waals surface area (Å²) in [6.45, 7) is 1.73. The number of fused-ring (bicyclic) bond motifs is 1. The largest absolute Gasteiger partial charge is 0.481 e. The van der Waals surface area contributed by atoms with E-state index in [-0.39, 0.29) is 12.5 Å². The summed E-state index contributed by atoms with van der Waals surface area (Å²) in [7, 11) is 0. The highest BCUT2D eigenvalue weighted by atomic mass is 16.4. The lowest BCUT2D eigenvalue weighted by Crippen LogP contribution is -2.37. The quantitative estimate of drug-likeness (QED) is 0.494. The molecule has 1 aliphatic heterocycles. The zero-order valence-corrected chi connectivity index (χ0v) is 17.5. The summed E-state index contributed by atoms with van der Waals surface area (Å²) in [5.41, 5.74) is 5.54. The predicted molar refractivity (Wildman–Crippen MR) is 121 cm³/mol. The smallest absolute Gasteiger partial charge is 0.303 e. The van der Waals surface area contributed by atoms with Crippen LogP contribution in [-0.4, -0.2) is 34.1 Å². The normalized spacial score (nSPS) is 16.2. The van der Waals surface area contributed by atoms with E-state index in [0.29, 0.717) is 12.3 Å². The number of aliphatic carboxylic acids is 1. The lowest BCUT2D eigenvalue weighted by atomic mass is 9.86. The van der Waals surface area contributed by atoms with Crippen molar-refractivity contribution in [2.24, 2.45) is 5.92 Å². The van der Waals surface area contributed by atoms with Gasteiger partial charge < -0.3 is 15.7 Å². The van der Waals surface area contributed by atoms with Crippen molar-refractivity contribution in [3.05, 3.63) is 89.5 Å². The van der Waals surface area contributed by atoms with Crippen molar-refractivity contribution in [1.29, 1.82) is 0 Å². The van der Waals surface area contributed by atoms with Crippen molar-refractivity contribution >= 4 is 11.7 Å². The second-order valence-electron chi connectivity index (χ2n) is 7.98. The van der Waals surface area contributed by atoms with E-state index >= 15 is 0 Å². The number of hydrogen-bond acceptors (Lipinski definition) is 5. The number of benzene rings is 1. The van der Waals surface area contributed by atoms with Crippen molar-refractivity contribution in [3.63, 3.8) is 0 Å². The van der Waals surface area contributed by atoms with Crippen LogP contribution in [0, 0.1) is 5.92 Å². The van der Waals surface area contributed by atoms with Crippen LogP contribution in [0.15, 0.2) is 67.0 Å². The Kier molecular flexibility index (Phi) is 6.89. The number of aromatic nitrogens is 2. The molecular formula is C25H28N4O2. The third-order valence-corrected chi connectivity index (χ3v) is 5.78. The minimum absolute atomic E-state index is 0.106. The van der Waals surface area contributed by atoms with E-state index in [1.54, 1.807) is 6.20 Å². The number of carboxylic acids is 1. The van der Waals surface area contributed by atoms with Crippen molar-refractivity contribution in [3.8, 4) is 0 Å². The minimum Gasteiger partial charge on any atom is -0.481 e. The van der Waals surface area contributed by atoms with Gasteiger partial charge in [0, 0.05) is 43.0 Å². The summed E-state index contributed by atoms with van der Waals surface area (Å²) < 4.78 is 0. The van der Waals surface area contributed by atoms with E-state index < -0.39 is 5.97 Å². The highest BCUT2D eigenvalue weighted by Gasteiger charge is 2.27. The van der Waals surface area contributed by atoms with Crippen molar-refractivity contribution in [2.75, 3.05) is 18.4 Å². The summed E-state index contributed by atoms with van der Waals surface area (Å²) in [5.74, 6) is -0.398. The molecule has 0 amide bonds. The Morgan fingerprint density at radius 3 is 2.81 bits per heavy atom. The van der Waals surface area contributed by atoms with Gasteiger partial charge in [-0.3, -0.25) is 14.8 Å². The number of nitrogens with one attached hydrogen (secondary N) is 2. The predicted octanol–water partition coefficient (Wildman–Crippen LogP) is 3.65. The van der Waals surface area contributed by atoms with Gasteiger partial charge in [-0.25, -0.2) is 0 Å². The van der Waals surface area contributed by atoms with Crippen LogP contribution in [-0.2, 0) is 24.1 Å². The maximum Gasteiger partial charge on any atom is 0.303 e. The second kappa shape index (κ2) is 10.2. The van der Waals surface area contributed by atoms with Crippen LogP contribution in [0.3, 0.4) is 0 Å². The molecule has 4 rings (SSSR count). The van der Waals surface area contributed by atoms with Gasteiger partial charge in [0.05, 0.1) is 17.8 Å². The third-order valence-electron chi connectivity index (χ3n) is 5.78. The van der Waals surface area contributed by atoms with Crippen LogP contribution < -0.4 is 10.6 Å². The van der Waals surface area contributed by atoms with E-state index in [4.69, 9.17) is 5.11 Å². The highest BCUT2D eigenvalue weighted by Crippen LogP contribution is 2.31. The Bertz CT molecular complexity index is 1010. The lowest BCUT2D eigenvalue weighted by molar-refractivity contribution is -0.136. The summed E-state index contributed by atoms with van der Waals surface area (Å²) in [6.07, 6.45) is 6.00. The second-order valence-corrected chi connectivity index (χ2v) is 7.98. The van der Waals surface area contributed by atoms with Gasteiger partial charge >= 0.3 is 5.97 Å². The van der Waals surface area contributed by atoms with Gasteiger partial charge in [-0.1, -0.05) is 30.3 Å². The Hall–Kier alpha value is -3.25. The van der Waals surface area contributed by atoms with Crippen LogP contribution in [0.5, 0.6) is 0 Å². The average molecular weight is 417 g/mol. The molecule has 0 aliphatic carbocycles. The van der Waals surface area contributed by atoms with Crippen molar-refractivity contribution in [2.45, 2.75) is 31.7 Å². The number of hydrogen-bond donors (Lipinski definition) is 3. The lowest BCUT2D eigenvalue weighted by Gasteiger charge is -2.33. The third kappa shape index (κ3) is 5.67. The molecule has 0 saturated carbocycles. The summed E-state index contributed by atoms with van der Waals surface area (Å²) in [5, 5.41) is 16.2. The van der Waals surface area contributed by atoms with Crippen molar-refractivity contribution < 1.29 is 9.90 Å². The zero-order valence-electron chi connectivity index (χ0n) is 17.5. The fourth-order valence-corrected chi connectivity index (χ4v) is 4.20. The molecule has 6 nitrogen and oxygen atoms in total. The Morgan fingerprint density at radius 1 is 1.10 bits per heavy atom. The molecule has 1 aliphatic rings. The molecule has 0 radical (unpaired) electrons. The van der Waals surface area contributed by atoms with Gasteiger partial charge in [-0.2, -0.15) is 0 Å². The SMILES string of the molecule is O=C(O)CCc1cc(CCN[C@H](c2ccccc2)[C@H]2CNc3cccnc3C2)ccn1. The number of anilines is 1. The van der Waals surface area contributed by atoms with Crippen LogP contribution in [0.1, 0.15) is 35.0 Å². The Balaban J connectivity index is 1.42. The van der Waals surface area contributed by atoms with Gasteiger partial charge in [0.25, 0.3) is 0 Å². The molecule has 0 spiro atoms. The first-order valence-electron chi connectivity index (χ1n) is 10.8. The first kappa shape index (κ1) is 21.0. The molecule has 0 fully saturated rings. The number of carboxylic acid groups (broad SMARTS) is 1. The molecule has 0 saturated heterocycles. The van der Waals surface area contributed by atoms with Gasteiger partial charge in [0.1, 0.15) is 0 Å². The summed E-state index contributed by atoms with van der Waals surface area (Å²) in [6, 6.07) is 18.9. The number of aryl methyl sites for hydroxylation is 1. The average Bonchev–Trinajstić information content (AvgIpc) is 2.81. The number of carbonyl (C=O) groups is 1. The van der Waals surface area contributed by atoms with Gasteiger partial charge in [0.2, 0.25) is 0 Å². The number of nitrogens with zero attached hydrogens (tertiary/aromatic N) is 2. The molecule has 2 atom stereocenters. The van der Waals surface area contributed by atoms with E-state index in [1.165, 1.54) is 11.1 Å². The minimum atomic E-state index is -0.795. The molecule has 31 heavy (non-hydrogen) atoms. The first-order valence-corrected chi connectivity index (χ1v) is 10.8. The Morgan fingerprint density at radius 2 is 1.97 bits per heavy atom. The van der Waals surface area contributed by atoms with Crippen LogP contribution in [0.25, 0.3) is 0 Å². The monoisotopic (exact) mass is 416 g/mol. The summed E-state index contributed by atoms with van der Waals surface area (Å²) in [4.78, 5) is 19.7. The molecule has 1 aromatic carbocycles. The highest BCUT2D eigenvalue weighted by molar-refractivity contribution is 5.66. The van der Waals surface area contributed by atoms with Crippen LogP contribution in [0.4, 0.5) is 5.69 Å². The maximum absolute atomic E-state index is 10.8. The molecular weight excluding hydrogens is 388 g/mol. The van der Waals surface area contributed by atoms with Gasteiger partial charge in [0.15, 0.2) is 0 Å². The van der Waals surface area contributed by atoms with E-state index in [1.807, 2.05) is 30.5 Å². The molecule has 3 heterocycles. The summed E-state index contributed by atoms with van der Waals surface area (Å²) >= 11 is 0. The Labute approximate surface area is 182 Å². The van der Waals surface area contributed by atoms with Gasteiger partial charge in [-0.05, 0) is 54.8 Å². The van der Waals surface area contributed by atoms with E-state index in [9.17, 15) is 4.79 Å². The molecule has 6 heteroatoms. The standard InChI is InChI=1S/C25H28N4O2/c30-24(31)9-8-21-15-18(10-13-26-21)11-14-28-25(19-5-2-1-3-6-19)20-16-23-22(29-17-20)7-4-12-27-23/h1-7,10,12-13,15,20,25,28-29H,8-9,11,14,16-17H2,(H,30,31)/t20-,25-/m1/s1. The zero-order chi connectivity index (χ0) is 21.5. The molecule has 3 aromatic rings. The van der Waals surface area contributed by atoms with Crippen LogP contribution >= 0.6 is 0 Å². The van der Waals surface area contributed by atoms with Crippen LogP contribution in [0.2, 0.25) is 0 Å². The topological polar surface area (TPSA) is 87.1 Å². The van der Waals surface area contributed by atoms with E-state index in [2.05, 4.69) is 50.9 Å². The fraction of sp³-hybridized carbons (Fsp3) is 0.320. The molecule has 0 unspecified atom stereocenters. The molecule has 3 N–H and O–H groups in total.